The fourth-order valence-corrected chi connectivity index (χ4v) is 2.96. The van der Waals surface area contributed by atoms with E-state index < -0.39 is 0 Å². The van der Waals surface area contributed by atoms with E-state index in [-0.39, 0.29) is 0 Å². The van der Waals surface area contributed by atoms with E-state index in [0.29, 0.717) is 5.41 Å². The lowest BCUT2D eigenvalue weighted by atomic mass is 9.82. The maximum absolute atomic E-state index is 9.27. The molecule has 0 aliphatic carbocycles. The summed E-state index contributed by atoms with van der Waals surface area (Å²) in [6.45, 7) is 6.61. The first kappa shape index (κ1) is 13.7. The minimum atomic E-state index is 0.413. The topological polar surface area (TPSA) is 36.3 Å². The Kier molecular flexibility index (Phi) is 3.99. The summed E-state index contributed by atoms with van der Waals surface area (Å²) in [5.41, 5.74) is 2.17. The van der Waals surface area contributed by atoms with E-state index in [4.69, 9.17) is 4.74 Å². The number of nitriles is 1. The molecular formula is C16H22N2O. The van der Waals surface area contributed by atoms with Crippen LogP contribution in [0.25, 0.3) is 0 Å². The van der Waals surface area contributed by atoms with Gasteiger partial charge >= 0.3 is 0 Å². The Hall–Kier alpha value is -1.69. The van der Waals surface area contributed by atoms with Gasteiger partial charge in [-0.1, -0.05) is 13.8 Å². The van der Waals surface area contributed by atoms with Crippen molar-refractivity contribution in [3.63, 3.8) is 0 Å². The van der Waals surface area contributed by atoms with Crippen molar-refractivity contribution in [2.75, 3.05) is 25.1 Å². The van der Waals surface area contributed by atoms with Crippen LogP contribution in [0.4, 0.5) is 5.69 Å². The van der Waals surface area contributed by atoms with Crippen LogP contribution in [0.3, 0.4) is 0 Å². The van der Waals surface area contributed by atoms with Crippen LogP contribution >= 0.6 is 0 Å². The van der Waals surface area contributed by atoms with Gasteiger partial charge in [-0.3, -0.25) is 0 Å². The molecule has 3 heteroatoms. The second-order valence-electron chi connectivity index (χ2n) is 5.37. The fraction of sp³-hybridized carbons (Fsp3) is 0.562. The Morgan fingerprint density at radius 1 is 1.37 bits per heavy atom. The Morgan fingerprint density at radius 2 is 2.11 bits per heavy atom. The predicted octanol–water partition coefficient (Wildman–Crippen LogP) is 3.58. The molecule has 0 amide bonds. The van der Waals surface area contributed by atoms with E-state index in [1.165, 1.54) is 19.3 Å². The summed E-state index contributed by atoms with van der Waals surface area (Å²) in [5, 5.41) is 9.27. The fourth-order valence-electron chi connectivity index (χ4n) is 2.96. The molecule has 102 valence electrons. The van der Waals surface area contributed by atoms with Crippen molar-refractivity contribution in [3.05, 3.63) is 23.8 Å². The molecule has 0 unspecified atom stereocenters. The second-order valence-corrected chi connectivity index (χ2v) is 5.37. The lowest BCUT2D eigenvalue weighted by Crippen LogP contribution is -2.26. The molecule has 0 saturated carbocycles. The molecule has 2 rings (SSSR count). The van der Waals surface area contributed by atoms with E-state index in [2.05, 4.69) is 24.8 Å². The van der Waals surface area contributed by atoms with Gasteiger partial charge in [-0.2, -0.15) is 5.26 Å². The average molecular weight is 258 g/mol. The number of rotatable bonds is 4. The molecule has 0 N–H and O–H groups in total. The standard InChI is InChI=1S/C16H22N2O/c1-4-16(5-2)8-9-18(12-16)15-10-14(19-3)7-6-13(15)11-17/h6-7,10H,4-5,8-9,12H2,1-3H3. The average Bonchev–Trinajstić information content (AvgIpc) is 2.91. The van der Waals surface area contributed by atoms with Gasteiger partial charge in [-0.25, -0.2) is 0 Å². The minimum Gasteiger partial charge on any atom is -0.497 e. The largest absolute Gasteiger partial charge is 0.497 e. The summed E-state index contributed by atoms with van der Waals surface area (Å²) in [6.07, 6.45) is 3.61. The van der Waals surface area contributed by atoms with Crippen LogP contribution in [0.15, 0.2) is 18.2 Å². The quantitative estimate of drug-likeness (QED) is 0.828. The summed E-state index contributed by atoms with van der Waals surface area (Å²) in [6, 6.07) is 7.98. The van der Waals surface area contributed by atoms with Gasteiger partial charge in [0.2, 0.25) is 0 Å². The van der Waals surface area contributed by atoms with Gasteiger partial charge in [0, 0.05) is 19.2 Å². The molecule has 3 nitrogen and oxygen atoms in total. The van der Waals surface area contributed by atoms with Crippen molar-refractivity contribution in [3.8, 4) is 11.8 Å². The number of benzene rings is 1. The van der Waals surface area contributed by atoms with Gasteiger partial charge < -0.3 is 9.64 Å². The predicted molar refractivity (Wildman–Crippen MR) is 77.6 cm³/mol. The Balaban J connectivity index is 2.30. The highest BCUT2D eigenvalue weighted by Crippen LogP contribution is 2.40. The zero-order chi connectivity index (χ0) is 13.9. The molecule has 19 heavy (non-hydrogen) atoms. The maximum atomic E-state index is 9.27. The molecule has 1 heterocycles. The van der Waals surface area contributed by atoms with E-state index >= 15 is 0 Å². The molecule has 1 aliphatic rings. The summed E-state index contributed by atoms with van der Waals surface area (Å²) in [4.78, 5) is 2.34. The Labute approximate surface area is 115 Å². The molecule has 0 aromatic heterocycles. The number of methoxy groups -OCH3 is 1. The summed E-state index contributed by atoms with van der Waals surface area (Å²) < 4.78 is 5.28. The van der Waals surface area contributed by atoms with Crippen LogP contribution in [-0.2, 0) is 0 Å². The molecular weight excluding hydrogens is 236 g/mol. The van der Waals surface area contributed by atoms with Crippen molar-refractivity contribution in [2.45, 2.75) is 33.1 Å². The van der Waals surface area contributed by atoms with Crippen molar-refractivity contribution in [2.24, 2.45) is 5.41 Å². The van der Waals surface area contributed by atoms with Crippen molar-refractivity contribution in [1.29, 1.82) is 5.26 Å². The molecule has 1 saturated heterocycles. The summed E-state index contributed by atoms with van der Waals surface area (Å²) in [5.74, 6) is 0.819. The molecule has 0 spiro atoms. The molecule has 1 fully saturated rings. The van der Waals surface area contributed by atoms with Crippen molar-refractivity contribution >= 4 is 5.69 Å². The van der Waals surface area contributed by atoms with Gasteiger partial charge in [0.15, 0.2) is 0 Å². The third kappa shape index (κ3) is 2.53. The van der Waals surface area contributed by atoms with Crippen LogP contribution in [0.2, 0.25) is 0 Å². The first-order valence-electron chi connectivity index (χ1n) is 7.01. The van der Waals surface area contributed by atoms with Gasteiger partial charge in [0.05, 0.1) is 18.4 Å². The third-order valence-corrected chi connectivity index (χ3v) is 4.60. The summed E-state index contributed by atoms with van der Waals surface area (Å²) in [7, 11) is 1.66. The number of ether oxygens (including phenoxy) is 1. The second kappa shape index (κ2) is 5.52. The van der Waals surface area contributed by atoms with E-state index in [9.17, 15) is 5.26 Å². The van der Waals surface area contributed by atoms with Gasteiger partial charge in [-0.05, 0) is 36.8 Å². The van der Waals surface area contributed by atoms with Crippen LogP contribution < -0.4 is 9.64 Å². The van der Waals surface area contributed by atoms with E-state index in [1.54, 1.807) is 7.11 Å². The molecule has 1 aromatic rings. The zero-order valence-corrected chi connectivity index (χ0v) is 12.1. The molecule has 1 aromatic carbocycles. The zero-order valence-electron chi connectivity index (χ0n) is 12.1. The number of hydrogen-bond donors (Lipinski definition) is 0. The summed E-state index contributed by atoms with van der Waals surface area (Å²) >= 11 is 0. The highest BCUT2D eigenvalue weighted by molar-refractivity contribution is 5.62. The molecule has 0 radical (unpaired) electrons. The smallest absolute Gasteiger partial charge is 0.121 e. The lowest BCUT2D eigenvalue weighted by Gasteiger charge is -2.27. The SMILES string of the molecule is CCC1(CC)CCN(c2cc(OC)ccc2C#N)C1. The molecule has 1 aliphatic heterocycles. The number of hydrogen-bond acceptors (Lipinski definition) is 3. The van der Waals surface area contributed by atoms with Gasteiger partial charge in [0.1, 0.15) is 11.8 Å². The Morgan fingerprint density at radius 3 is 2.63 bits per heavy atom. The highest BCUT2D eigenvalue weighted by Gasteiger charge is 2.35. The highest BCUT2D eigenvalue weighted by atomic mass is 16.5. The van der Waals surface area contributed by atoms with Crippen LogP contribution in [0.1, 0.15) is 38.7 Å². The third-order valence-electron chi connectivity index (χ3n) is 4.60. The van der Waals surface area contributed by atoms with E-state index in [0.717, 1.165) is 30.1 Å². The minimum absolute atomic E-state index is 0.413. The maximum Gasteiger partial charge on any atom is 0.121 e. The van der Waals surface area contributed by atoms with Crippen molar-refractivity contribution < 1.29 is 4.74 Å². The first-order valence-corrected chi connectivity index (χ1v) is 7.01. The lowest BCUT2D eigenvalue weighted by molar-refractivity contribution is 0.301. The Bertz CT molecular complexity index is 486. The number of anilines is 1. The molecule has 0 bridgehead atoms. The van der Waals surface area contributed by atoms with Crippen LogP contribution in [0, 0.1) is 16.7 Å². The normalized spacial score (nSPS) is 17.3. The van der Waals surface area contributed by atoms with Crippen LogP contribution in [-0.4, -0.2) is 20.2 Å². The number of nitrogens with zero attached hydrogens (tertiary/aromatic N) is 2. The molecule has 0 atom stereocenters. The first-order chi connectivity index (χ1) is 9.18. The van der Waals surface area contributed by atoms with Crippen molar-refractivity contribution in [1.82, 2.24) is 0 Å². The van der Waals surface area contributed by atoms with Gasteiger partial charge in [-0.15, -0.1) is 0 Å². The monoisotopic (exact) mass is 258 g/mol. The van der Waals surface area contributed by atoms with E-state index in [1.807, 2.05) is 18.2 Å². The van der Waals surface area contributed by atoms with Gasteiger partial charge in [0.25, 0.3) is 0 Å². The van der Waals surface area contributed by atoms with Crippen LogP contribution in [0.5, 0.6) is 5.75 Å².